The summed E-state index contributed by atoms with van der Waals surface area (Å²) in [5, 5.41) is 20.5. The predicted molar refractivity (Wildman–Crippen MR) is 140 cm³/mol. The molecular weight excluding hydrogens is 446 g/mol. The lowest BCUT2D eigenvalue weighted by atomic mass is 9.85. The van der Waals surface area contributed by atoms with Crippen LogP contribution in [0.1, 0.15) is 51.7 Å². The number of nitrogens with two attached hydrogens (primary N) is 2. The van der Waals surface area contributed by atoms with Crippen molar-refractivity contribution >= 4 is 51.0 Å². The summed E-state index contributed by atoms with van der Waals surface area (Å²) in [6.45, 7) is 8.37. The van der Waals surface area contributed by atoms with E-state index in [9.17, 15) is 4.91 Å². The Bertz CT molecular complexity index is 906. The molecule has 0 saturated carbocycles. The van der Waals surface area contributed by atoms with E-state index < -0.39 is 0 Å². The number of rotatable bonds is 8. The smallest absolute Gasteiger partial charge is 0.162 e. The summed E-state index contributed by atoms with van der Waals surface area (Å²) in [6, 6.07) is 3.13. The molecule has 0 heterocycles. The lowest BCUT2D eigenvalue weighted by Gasteiger charge is -2.35. The molecule has 2 atom stereocenters. The standard InChI is InChI=1S/C22H34ClN7OS/c1-13(25)7-16(10-22(2,3)4)30(6)21(27)32-20(26)19-17(23)8-14(9-18(19)29-31)15(11-24)12-28-5/h8-9,11-13,16,26-27H,7,10,24-25H2,1-6H3. The number of nitroso groups, excluding NO2 is 1. The van der Waals surface area contributed by atoms with Gasteiger partial charge >= 0.3 is 0 Å². The molecule has 32 heavy (non-hydrogen) atoms. The summed E-state index contributed by atoms with van der Waals surface area (Å²) in [7, 11) is 3.43. The minimum Gasteiger partial charge on any atom is -0.404 e. The van der Waals surface area contributed by atoms with Crippen LogP contribution < -0.4 is 11.5 Å². The van der Waals surface area contributed by atoms with Crippen LogP contribution in [0.15, 0.2) is 28.5 Å². The maximum absolute atomic E-state index is 11.5. The number of amidine groups is 1. The number of benzene rings is 1. The van der Waals surface area contributed by atoms with Crippen molar-refractivity contribution in [2.24, 2.45) is 27.1 Å². The molecule has 8 nitrogen and oxygen atoms in total. The van der Waals surface area contributed by atoms with Crippen molar-refractivity contribution in [3.05, 3.63) is 39.4 Å². The largest absolute Gasteiger partial charge is 0.404 e. The molecule has 2 unspecified atom stereocenters. The van der Waals surface area contributed by atoms with Crippen LogP contribution in [0, 0.1) is 21.1 Å². The van der Waals surface area contributed by atoms with Gasteiger partial charge in [-0.25, -0.2) is 0 Å². The average Bonchev–Trinajstić information content (AvgIpc) is 2.68. The third-order valence-electron chi connectivity index (χ3n) is 4.73. The minimum absolute atomic E-state index is 0.00567. The van der Waals surface area contributed by atoms with Gasteiger partial charge in [0, 0.05) is 44.2 Å². The average molecular weight is 480 g/mol. The maximum Gasteiger partial charge on any atom is 0.162 e. The monoisotopic (exact) mass is 479 g/mol. The van der Waals surface area contributed by atoms with Gasteiger partial charge in [0.25, 0.3) is 0 Å². The van der Waals surface area contributed by atoms with E-state index in [1.54, 1.807) is 19.3 Å². The Morgan fingerprint density at radius 2 is 1.97 bits per heavy atom. The van der Waals surface area contributed by atoms with Crippen molar-refractivity contribution in [2.75, 3.05) is 14.1 Å². The Balaban J connectivity index is 3.19. The number of nitrogens with zero attached hydrogens (tertiary/aromatic N) is 3. The molecule has 0 saturated heterocycles. The van der Waals surface area contributed by atoms with Gasteiger partial charge in [0.05, 0.1) is 10.6 Å². The van der Waals surface area contributed by atoms with E-state index in [1.165, 1.54) is 12.3 Å². The second kappa shape index (κ2) is 12.1. The summed E-state index contributed by atoms with van der Waals surface area (Å²) in [5.41, 5.74) is 13.0. The van der Waals surface area contributed by atoms with Gasteiger partial charge in [0.15, 0.2) is 5.17 Å². The second-order valence-corrected chi connectivity index (χ2v) is 10.3. The molecule has 0 aliphatic rings. The quantitative estimate of drug-likeness (QED) is 0.230. The summed E-state index contributed by atoms with van der Waals surface area (Å²) >= 11 is 7.34. The zero-order valence-corrected chi connectivity index (χ0v) is 21.1. The zero-order valence-electron chi connectivity index (χ0n) is 19.6. The van der Waals surface area contributed by atoms with Crippen molar-refractivity contribution in [3.8, 4) is 0 Å². The Labute approximate surface area is 199 Å². The molecule has 0 amide bonds. The van der Waals surface area contributed by atoms with E-state index in [2.05, 4.69) is 30.9 Å². The molecule has 6 N–H and O–H groups in total. The molecule has 10 heteroatoms. The highest BCUT2D eigenvalue weighted by molar-refractivity contribution is 8.26. The minimum atomic E-state index is -0.0363. The molecule has 0 radical (unpaired) electrons. The van der Waals surface area contributed by atoms with Crippen LogP contribution in [0.2, 0.25) is 5.02 Å². The Kier molecular flexibility index (Phi) is 10.5. The van der Waals surface area contributed by atoms with Gasteiger partial charge in [-0.15, -0.1) is 4.91 Å². The van der Waals surface area contributed by atoms with Crippen molar-refractivity contribution in [1.29, 1.82) is 10.8 Å². The van der Waals surface area contributed by atoms with Crippen LogP contribution in [0.3, 0.4) is 0 Å². The molecule has 1 aromatic carbocycles. The van der Waals surface area contributed by atoms with E-state index in [-0.39, 0.29) is 44.0 Å². The van der Waals surface area contributed by atoms with Gasteiger partial charge in [-0.2, -0.15) is 0 Å². The molecule has 0 bridgehead atoms. The fraction of sp³-hybridized carbons (Fsp3) is 0.500. The highest BCUT2D eigenvalue weighted by Crippen LogP contribution is 2.35. The first-order valence-electron chi connectivity index (χ1n) is 10.2. The number of halogens is 1. The molecule has 0 fully saturated rings. The van der Waals surface area contributed by atoms with Crippen LogP contribution in [-0.4, -0.2) is 47.5 Å². The van der Waals surface area contributed by atoms with Crippen molar-refractivity contribution < 1.29 is 0 Å². The lowest BCUT2D eigenvalue weighted by Crippen LogP contribution is -2.41. The predicted octanol–water partition coefficient (Wildman–Crippen LogP) is 5.21. The molecule has 0 aliphatic carbocycles. The van der Waals surface area contributed by atoms with Gasteiger partial charge in [0.1, 0.15) is 10.7 Å². The van der Waals surface area contributed by atoms with Crippen LogP contribution in [0.5, 0.6) is 0 Å². The molecular formula is C22H34ClN7OS. The third kappa shape index (κ3) is 8.03. The van der Waals surface area contributed by atoms with Gasteiger partial charge in [-0.05, 0) is 59.8 Å². The Morgan fingerprint density at radius 1 is 1.34 bits per heavy atom. The highest BCUT2D eigenvalue weighted by atomic mass is 35.5. The fourth-order valence-corrected chi connectivity index (χ4v) is 4.48. The maximum atomic E-state index is 11.5. The molecule has 1 aromatic rings. The van der Waals surface area contributed by atoms with Crippen molar-refractivity contribution in [2.45, 2.75) is 52.6 Å². The number of hydrogen-bond acceptors (Lipinski definition) is 8. The van der Waals surface area contributed by atoms with Crippen LogP contribution >= 0.6 is 23.4 Å². The van der Waals surface area contributed by atoms with E-state index in [0.29, 0.717) is 17.6 Å². The molecule has 0 aliphatic heterocycles. The van der Waals surface area contributed by atoms with Crippen LogP contribution in [0.4, 0.5) is 5.69 Å². The number of hydrogen-bond donors (Lipinski definition) is 4. The first-order valence-corrected chi connectivity index (χ1v) is 11.4. The molecule has 0 spiro atoms. The summed E-state index contributed by atoms with van der Waals surface area (Å²) in [5.74, 6) is 0. The van der Waals surface area contributed by atoms with Crippen molar-refractivity contribution in [3.63, 3.8) is 0 Å². The fourth-order valence-electron chi connectivity index (χ4n) is 3.31. The van der Waals surface area contributed by atoms with E-state index in [0.717, 1.165) is 18.2 Å². The van der Waals surface area contributed by atoms with Gasteiger partial charge < -0.3 is 16.4 Å². The normalized spacial score (nSPS) is 14.3. The molecule has 1 rings (SSSR count). The van der Waals surface area contributed by atoms with Gasteiger partial charge in [0.2, 0.25) is 0 Å². The summed E-state index contributed by atoms with van der Waals surface area (Å²) in [6.07, 6.45) is 4.45. The first kappa shape index (κ1) is 27.8. The third-order valence-corrected chi connectivity index (χ3v) is 5.92. The van der Waals surface area contributed by atoms with Crippen molar-refractivity contribution in [1.82, 2.24) is 4.90 Å². The van der Waals surface area contributed by atoms with Crippen LogP contribution in [-0.2, 0) is 0 Å². The second-order valence-electron chi connectivity index (χ2n) is 8.93. The lowest BCUT2D eigenvalue weighted by molar-refractivity contribution is 0.230. The van der Waals surface area contributed by atoms with E-state index >= 15 is 0 Å². The summed E-state index contributed by atoms with van der Waals surface area (Å²) in [4.78, 5) is 17.3. The first-order chi connectivity index (χ1) is 14.8. The number of allylic oxidation sites excluding steroid dienone is 1. The molecule has 176 valence electrons. The SMILES string of the molecule is CN=CC(=CN)c1cc(Cl)c(C(=N)SC(=N)N(C)C(CC(C)N)CC(C)(C)C)c(N=O)c1. The number of aliphatic imine (C=N–C) groups is 1. The van der Waals surface area contributed by atoms with E-state index in [1.807, 2.05) is 18.9 Å². The number of nitrogens with one attached hydrogen (secondary N) is 2. The number of thioether (sulfide) groups is 1. The topological polar surface area (TPSA) is 145 Å². The van der Waals surface area contributed by atoms with E-state index in [4.69, 9.17) is 33.9 Å². The van der Waals surface area contributed by atoms with Gasteiger partial charge in [-0.3, -0.25) is 15.8 Å². The Hall–Kier alpha value is -2.23. The van der Waals surface area contributed by atoms with Crippen LogP contribution in [0.25, 0.3) is 5.57 Å². The summed E-state index contributed by atoms with van der Waals surface area (Å²) < 4.78 is 0. The molecule has 0 aromatic heterocycles. The highest BCUT2D eigenvalue weighted by Gasteiger charge is 2.27. The Morgan fingerprint density at radius 3 is 2.44 bits per heavy atom. The van der Waals surface area contributed by atoms with Gasteiger partial charge in [-0.1, -0.05) is 32.4 Å². The zero-order chi connectivity index (χ0) is 24.6.